The zero-order chi connectivity index (χ0) is 20.6. The maximum absolute atomic E-state index is 12.3. The molecule has 6 nitrogen and oxygen atoms in total. The second-order valence-corrected chi connectivity index (χ2v) is 6.79. The lowest BCUT2D eigenvalue weighted by Crippen LogP contribution is -2.28. The Kier molecular flexibility index (Phi) is 7.03. The molecule has 1 heterocycles. The molecular weight excluding hydrogens is 390 g/mol. The zero-order valence-electron chi connectivity index (χ0n) is 16.1. The van der Waals surface area contributed by atoms with Crippen molar-refractivity contribution in [3.63, 3.8) is 0 Å². The molecule has 1 amide bonds. The summed E-state index contributed by atoms with van der Waals surface area (Å²) < 4.78 is 6.87. The van der Waals surface area contributed by atoms with Crippen molar-refractivity contribution < 1.29 is 9.53 Å². The number of aryl methyl sites for hydroxylation is 1. The van der Waals surface area contributed by atoms with E-state index in [0.717, 1.165) is 16.9 Å². The molecule has 3 aromatic rings. The standard InChI is InChI=1S/C22H22ClN3O3/c1-2-29-20-6-4-3-5-17(20)15-24-21(27)13-14-26-22(28)12-11-19(25-26)16-7-9-18(23)10-8-16/h3-12H,2,13-15H2,1H3,(H,24,27). The second kappa shape index (κ2) is 9.89. The average Bonchev–Trinajstić information content (AvgIpc) is 2.73. The molecule has 1 aromatic heterocycles. The molecule has 0 saturated carbocycles. The summed E-state index contributed by atoms with van der Waals surface area (Å²) in [4.78, 5) is 24.3. The van der Waals surface area contributed by atoms with Crippen molar-refractivity contribution in [1.82, 2.24) is 15.1 Å². The number of hydrogen-bond donors (Lipinski definition) is 1. The topological polar surface area (TPSA) is 73.2 Å². The molecule has 2 aromatic carbocycles. The minimum absolute atomic E-state index is 0.147. The van der Waals surface area contributed by atoms with Gasteiger partial charge in [0.2, 0.25) is 5.91 Å². The van der Waals surface area contributed by atoms with Gasteiger partial charge in [-0.1, -0.05) is 41.9 Å². The number of nitrogens with zero attached hydrogens (tertiary/aromatic N) is 2. The van der Waals surface area contributed by atoms with Crippen molar-refractivity contribution in [2.75, 3.05) is 6.61 Å². The molecule has 0 spiro atoms. The van der Waals surface area contributed by atoms with Crippen LogP contribution in [0.4, 0.5) is 0 Å². The first-order valence-electron chi connectivity index (χ1n) is 9.38. The van der Waals surface area contributed by atoms with E-state index in [1.54, 1.807) is 18.2 Å². The third-order valence-corrected chi connectivity index (χ3v) is 4.56. The molecule has 0 aliphatic carbocycles. The number of benzene rings is 2. The Labute approximate surface area is 174 Å². The summed E-state index contributed by atoms with van der Waals surface area (Å²) in [5.41, 5.74) is 2.15. The number of rotatable bonds is 8. The lowest BCUT2D eigenvalue weighted by Gasteiger charge is -2.11. The molecule has 0 atom stereocenters. The quantitative estimate of drug-likeness (QED) is 0.613. The Balaban J connectivity index is 1.61. The highest BCUT2D eigenvalue weighted by Crippen LogP contribution is 2.19. The van der Waals surface area contributed by atoms with Gasteiger partial charge in [-0.3, -0.25) is 9.59 Å². The van der Waals surface area contributed by atoms with E-state index in [9.17, 15) is 9.59 Å². The molecule has 0 saturated heterocycles. The fraction of sp³-hybridized carbons (Fsp3) is 0.227. The number of carbonyl (C=O) groups excluding carboxylic acids is 1. The monoisotopic (exact) mass is 411 g/mol. The van der Waals surface area contributed by atoms with Crippen LogP contribution in [-0.2, 0) is 17.9 Å². The number of aromatic nitrogens is 2. The van der Waals surface area contributed by atoms with Gasteiger partial charge in [0.05, 0.1) is 18.8 Å². The number of para-hydroxylation sites is 1. The molecule has 0 fully saturated rings. The van der Waals surface area contributed by atoms with Gasteiger partial charge in [0.15, 0.2) is 0 Å². The number of carbonyl (C=O) groups is 1. The van der Waals surface area contributed by atoms with Gasteiger partial charge in [0.25, 0.3) is 5.56 Å². The van der Waals surface area contributed by atoms with E-state index in [4.69, 9.17) is 16.3 Å². The summed E-state index contributed by atoms with van der Waals surface area (Å²) in [6.45, 7) is 3.03. The van der Waals surface area contributed by atoms with Crippen LogP contribution < -0.4 is 15.6 Å². The average molecular weight is 412 g/mol. The van der Waals surface area contributed by atoms with Crippen molar-refractivity contribution in [3.05, 3.63) is 81.6 Å². The smallest absolute Gasteiger partial charge is 0.266 e. The van der Waals surface area contributed by atoms with Crippen LogP contribution in [0.1, 0.15) is 18.9 Å². The van der Waals surface area contributed by atoms with Crippen LogP contribution in [0.15, 0.2) is 65.5 Å². The van der Waals surface area contributed by atoms with Crippen LogP contribution in [0.25, 0.3) is 11.3 Å². The van der Waals surface area contributed by atoms with E-state index < -0.39 is 0 Å². The van der Waals surface area contributed by atoms with Gasteiger partial charge in [-0.25, -0.2) is 4.68 Å². The first-order chi connectivity index (χ1) is 14.1. The van der Waals surface area contributed by atoms with Gasteiger partial charge in [0, 0.05) is 35.2 Å². The van der Waals surface area contributed by atoms with Gasteiger partial charge in [-0.15, -0.1) is 0 Å². The maximum atomic E-state index is 12.3. The van der Waals surface area contributed by atoms with Crippen LogP contribution in [0.2, 0.25) is 5.02 Å². The Morgan fingerprint density at radius 1 is 1.10 bits per heavy atom. The fourth-order valence-corrected chi connectivity index (χ4v) is 2.95. The minimum atomic E-state index is -0.253. The lowest BCUT2D eigenvalue weighted by molar-refractivity contribution is -0.121. The zero-order valence-corrected chi connectivity index (χ0v) is 16.9. The Bertz CT molecular complexity index is 1030. The molecule has 29 heavy (non-hydrogen) atoms. The molecule has 150 valence electrons. The highest BCUT2D eigenvalue weighted by molar-refractivity contribution is 6.30. The third-order valence-electron chi connectivity index (χ3n) is 4.31. The predicted molar refractivity (Wildman–Crippen MR) is 113 cm³/mol. The molecule has 7 heteroatoms. The van der Waals surface area contributed by atoms with Crippen LogP contribution in [0, 0.1) is 0 Å². The van der Waals surface area contributed by atoms with Crippen molar-refractivity contribution >= 4 is 17.5 Å². The van der Waals surface area contributed by atoms with E-state index >= 15 is 0 Å². The Morgan fingerprint density at radius 2 is 1.86 bits per heavy atom. The van der Waals surface area contributed by atoms with Crippen molar-refractivity contribution in [2.45, 2.75) is 26.4 Å². The van der Waals surface area contributed by atoms with E-state index in [-0.39, 0.29) is 24.4 Å². The van der Waals surface area contributed by atoms with Crippen molar-refractivity contribution in [1.29, 1.82) is 0 Å². The van der Waals surface area contributed by atoms with Crippen molar-refractivity contribution in [2.24, 2.45) is 0 Å². The summed E-state index contributed by atoms with van der Waals surface area (Å²) >= 11 is 5.91. The predicted octanol–water partition coefficient (Wildman–Crippen LogP) is 3.67. The molecule has 3 rings (SSSR count). The van der Waals surface area contributed by atoms with Gasteiger partial charge in [0.1, 0.15) is 5.75 Å². The number of halogens is 1. The number of hydrogen-bond acceptors (Lipinski definition) is 4. The summed E-state index contributed by atoms with van der Waals surface area (Å²) in [6.07, 6.45) is 0.147. The third kappa shape index (κ3) is 5.68. The number of ether oxygens (including phenoxy) is 1. The normalized spacial score (nSPS) is 10.6. The van der Waals surface area contributed by atoms with E-state index in [2.05, 4.69) is 10.4 Å². The van der Waals surface area contributed by atoms with Gasteiger partial charge in [-0.2, -0.15) is 5.10 Å². The first-order valence-corrected chi connectivity index (χ1v) is 9.76. The number of nitrogens with one attached hydrogen (secondary N) is 1. The SMILES string of the molecule is CCOc1ccccc1CNC(=O)CCn1nc(-c2ccc(Cl)cc2)ccc1=O. The summed E-state index contributed by atoms with van der Waals surface area (Å²) in [7, 11) is 0. The van der Waals surface area contributed by atoms with Crippen molar-refractivity contribution in [3.8, 4) is 17.0 Å². The van der Waals surface area contributed by atoms with Crippen LogP contribution in [-0.4, -0.2) is 22.3 Å². The first kappa shape index (κ1) is 20.6. The second-order valence-electron chi connectivity index (χ2n) is 6.35. The van der Waals surface area contributed by atoms with Crippen LogP contribution in [0.3, 0.4) is 0 Å². The van der Waals surface area contributed by atoms with E-state index in [0.29, 0.717) is 23.9 Å². The highest BCUT2D eigenvalue weighted by Gasteiger charge is 2.08. The highest BCUT2D eigenvalue weighted by atomic mass is 35.5. The Hall–Kier alpha value is -3.12. The molecule has 0 bridgehead atoms. The lowest BCUT2D eigenvalue weighted by atomic mass is 10.1. The van der Waals surface area contributed by atoms with Crippen LogP contribution >= 0.6 is 11.6 Å². The van der Waals surface area contributed by atoms with Gasteiger partial charge >= 0.3 is 0 Å². The molecular formula is C22H22ClN3O3. The molecule has 0 aliphatic rings. The number of amides is 1. The molecule has 1 N–H and O–H groups in total. The fourth-order valence-electron chi connectivity index (χ4n) is 2.82. The van der Waals surface area contributed by atoms with E-state index in [1.165, 1.54) is 10.7 Å². The molecule has 0 unspecified atom stereocenters. The summed E-state index contributed by atoms with van der Waals surface area (Å²) in [6, 6.07) is 17.9. The minimum Gasteiger partial charge on any atom is -0.494 e. The molecule has 0 aliphatic heterocycles. The van der Waals surface area contributed by atoms with Gasteiger partial charge in [-0.05, 0) is 31.2 Å². The van der Waals surface area contributed by atoms with Gasteiger partial charge < -0.3 is 10.1 Å². The Morgan fingerprint density at radius 3 is 2.62 bits per heavy atom. The summed E-state index contributed by atoms with van der Waals surface area (Å²) in [5.74, 6) is 0.589. The largest absolute Gasteiger partial charge is 0.494 e. The van der Waals surface area contributed by atoms with E-state index in [1.807, 2.05) is 43.3 Å². The maximum Gasteiger partial charge on any atom is 0.266 e. The summed E-state index contributed by atoms with van der Waals surface area (Å²) in [5, 5.41) is 7.85. The van der Waals surface area contributed by atoms with Crippen LogP contribution in [0.5, 0.6) is 5.75 Å². The molecule has 0 radical (unpaired) electrons.